The molecular weight excluding hydrogens is 256 g/mol. The van der Waals surface area contributed by atoms with Crippen LogP contribution in [0.25, 0.3) is 0 Å². The molecule has 0 saturated carbocycles. The molecule has 20 heavy (non-hydrogen) atoms. The van der Waals surface area contributed by atoms with E-state index in [1.54, 1.807) is 24.1 Å². The van der Waals surface area contributed by atoms with Gasteiger partial charge in [0.05, 0.1) is 12.1 Å². The Morgan fingerprint density at radius 3 is 3.10 bits per heavy atom. The van der Waals surface area contributed by atoms with Crippen molar-refractivity contribution in [1.29, 1.82) is 0 Å². The molecule has 1 saturated heterocycles. The maximum Gasteiger partial charge on any atom is 0.271 e. The van der Waals surface area contributed by atoms with Crippen LogP contribution in [0.1, 0.15) is 22.5 Å². The quantitative estimate of drug-likeness (QED) is 0.700. The normalized spacial score (nSPS) is 17.6. The first-order valence-corrected chi connectivity index (χ1v) is 6.33. The molecule has 6 nitrogen and oxygen atoms in total. The van der Waals surface area contributed by atoms with Crippen LogP contribution in [0, 0.1) is 11.8 Å². The van der Waals surface area contributed by atoms with Gasteiger partial charge < -0.3 is 16.0 Å². The van der Waals surface area contributed by atoms with Crippen LogP contribution in [-0.2, 0) is 4.79 Å². The summed E-state index contributed by atoms with van der Waals surface area (Å²) in [6.45, 7) is 0.855. The topological polar surface area (TPSA) is 88.3 Å². The van der Waals surface area contributed by atoms with Gasteiger partial charge in [0.15, 0.2) is 0 Å². The van der Waals surface area contributed by atoms with Crippen molar-refractivity contribution in [2.24, 2.45) is 5.73 Å². The molecule has 1 fully saturated rings. The zero-order valence-electron chi connectivity index (χ0n) is 11.2. The number of carbonyl (C=O) groups excluding carboxylic acids is 2. The minimum absolute atomic E-state index is 0.0797. The summed E-state index contributed by atoms with van der Waals surface area (Å²) in [5.41, 5.74) is 6.05. The largest absolute Gasteiger partial charge is 0.344 e. The van der Waals surface area contributed by atoms with Crippen LogP contribution >= 0.6 is 0 Å². The van der Waals surface area contributed by atoms with Crippen molar-refractivity contribution in [2.75, 3.05) is 20.1 Å². The first-order chi connectivity index (χ1) is 9.63. The fourth-order valence-corrected chi connectivity index (χ4v) is 2.02. The van der Waals surface area contributed by atoms with E-state index in [-0.39, 0.29) is 24.1 Å². The SMILES string of the molecule is CN1CCC(NC(=O)c2ncccc2C#CCN)C1=O. The Hall–Kier alpha value is -2.39. The van der Waals surface area contributed by atoms with E-state index in [9.17, 15) is 9.59 Å². The van der Waals surface area contributed by atoms with Crippen molar-refractivity contribution in [3.05, 3.63) is 29.6 Å². The van der Waals surface area contributed by atoms with Gasteiger partial charge in [0.1, 0.15) is 11.7 Å². The molecule has 0 bridgehead atoms. The summed E-state index contributed by atoms with van der Waals surface area (Å²) in [7, 11) is 1.72. The molecule has 0 radical (unpaired) electrons. The summed E-state index contributed by atoms with van der Waals surface area (Å²) in [4.78, 5) is 29.6. The van der Waals surface area contributed by atoms with Crippen LogP contribution in [0.3, 0.4) is 0 Å². The molecule has 2 heterocycles. The van der Waals surface area contributed by atoms with Crippen molar-refractivity contribution in [1.82, 2.24) is 15.2 Å². The van der Waals surface area contributed by atoms with Crippen LogP contribution in [0.2, 0.25) is 0 Å². The highest BCUT2D eigenvalue weighted by Crippen LogP contribution is 2.10. The highest BCUT2D eigenvalue weighted by Gasteiger charge is 2.31. The van der Waals surface area contributed by atoms with E-state index in [2.05, 4.69) is 22.1 Å². The molecule has 1 unspecified atom stereocenters. The summed E-state index contributed by atoms with van der Waals surface area (Å²) in [6, 6.07) is 2.92. The highest BCUT2D eigenvalue weighted by molar-refractivity contribution is 5.98. The molecule has 0 aromatic carbocycles. The molecule has 0 spiro atoms. The first kappa shape index (κ1) is 14.0. The van der Waals surface area contributed by atoms with Gasteiger partial charge in [-0.05, 0) is 18.6 Å². The summed E-state index contributed by atoms with van der Waals surface area (Å²) in [5, 5.41) is 2.70. The summed E-state index contributed by atoms with van der Waals surface area (Å²) in [6.07, 6.45) is 2.13. The second-order valence-corrected chi connectivity index (χ2v) is 4.48. The zero-order chi connectivity index (χ0) is 14.5. The molecule has 1 aliphatic heterocycles. The van der Waals surface area contributed by atoms with Gasteiger partial charge in [-0.25, -0.2) is 4.98 Å². The lowest BCUT2D eigenvalue weighted by molar-refractivity contribution is -0.128. The number of rotatable bonds is 2. The number of aromatic nitrogens is 1. The van der Waals surface area contributed by atoms with Crippen molar-refractivity contribution in [3.8, 4) is 11.8 Å². The first-order valence-electron chi connectivity index (χ1n) is 6.33. The van der Waals surface area contributed by atoms with Crippen LogP contribution in [-0.4, -0.2) is 47.9 Å². The van der Waals surface area contributed by atoms with Crippen molar-refractivity contribution < 1.29 is 9.59 Å². The fourth-order valence-electron chi connectivity index (χ4n) is 2.02. The summed E-state index contributed by atoms with van der Waals surface area (Å²) >= 11 is 0. The minimum Gasteiger partial charge on any atom is -0.344 e. The Kier molecular flexibility index (Phi) is 4.33. The second-order valence-electron chi connectivity index (χ2n) is 4.48. The highest BCUT2D eigenvalue weighted by atomic mass is 16.2. The molecule has 1 atom stereocenters. The molecule has 3 N–H and O–H groups in total. The Bertz CT molecular complexity index is 588. The number of hydrogen-bond acceptors (Lipinski definition) is 4. The maximum absolute atomic E-state index is 12.2. The van der Waals surface area contributed by atoms with Gasteiger partial charge in [-0.15, -0.1) is 0 Å². The van der Waals surface area contributed by atoms with Gasteiger partial charge in [-0.2, -0.15) is 0 Å². The van der Waals surface area contributed by atoms with Gasteiger partial charge in [0.2, 0.25) is 5.91 Å². The van der Waals surface area contributed by atoms with Gasteiger partial charge in [-0.3, -0.25) is 9.59 Å². The number of hydrogen-bond donors (Lipinski definition) is 2. The second kappa shape index (κ2) is 6.17. The van der Waals surface area contributed by atoms with E-state index >= 15 is 0 Å². The third-order valence-electron chi connectivity index (χ3n) is 3.08. The maximum atomic E-state index is 12.2. The Balaban J connectivity index is 2.15. The zero-order valence-corrected chi connectivity index (χ0v) is 11.2. The molecular formula is C14H16N4O2. The lowest BCUT2D eigenvalue weighted by atomic mass is 10.1. The van der Waals surface area contributed by atoms with Crippen LogP contribution in [0.15, 0.2) is 18.3 Å². The monoisotopic (exact) mass is 272 g/mol. The van der Waals surface area contributed by atoms with E-state index in [4.69, 9.17) is 5.73 Å². The van der Waals surface area contributed by atoms with E-state index in [0.29, 0.717) is 18.5 Å². The fraction of sp³-hybridized carbons (Fsp3) is 0.357. The lowest BCUT2D eigenvalue weighted by Gasteiger charge is -2.12. The number of pyridine rings is 1. The van der Waals surface area contributed by atoms with Crippen LogP contribution in [0.5, 0.6) is 0 Å². The van der Waals surface area contributed by atoms with E-state index in [0.717, 1.165) is 0 Å². The summed E-state index contributed by atoms with van der Waals surface area (Å²) < 4.78 is 0. The predicted octanol–water partition coefficient (Wildman–Crippen LogP) is -0.648. The van der Waals surface area contributed by atoms with Gasteiger partial charge in [0, 0.05) is 19.8 Å². The van der Waals surface area contributed by atoms with Crippen LogP contribution in [0.4, 0.5) is 0 Å². The number of nitrogens with two attached hydrogens (primary N) is 1. The third kappa shape index (κ3) is 2.95. The molecule has 6 heteroatoms. The number of nitrogens with one attached hydrogen (secondary N) is 1. The molecule has 0 aliphatic carbocycles. The third-order valence-corrected chi connectivity index (χ3v) is 3.08. The van der Waals surface area contributed by atoms with Crippen molar-refractivity contribution in [3.63, 3.8) is 0 Å². The van der Waals surface area contributed by atoms with Crippen molar-refractivity contribution in [2.45, 2.75) is 12.5 Å². The Morgan fingerprint density at radius 2 is 2.45 bits per heavy atom. The average molecular weight is 272 g/mol. The lowest BCUT2D eigenvalue weighted by Crippen LogP contribution is -2.41. The molecule has 1 aromatic heterocycles. The molecule has 2 amide bonds. The number of nitrogens with zero attached hydrogens (tertiary/aromatic N) is 2. The number of likely N-dealkylation sites (tertiary alicyclic amines) is 1. The van der Waals surface area contributed by atoms with Crippen LogP contribution < -0.4 is 11.1 Å². The number of amides is 2. The average Bonchev–Trinajstić information content (AvgIpc) is 2.77. The number of carbonyl (C=O) groups is 2. The smallest absolute Gasteiger partial charge is 0.271 e. The van der Waals surface area contributed by atoms with Gasteiger partial charge >= 0.3 is 0 Å². The van der Waals surface area contributed by atoms with E-state index < -0.39 is 6.04 Å². The molecule has 1 aromatic rings. The van der Waals surface area contributed by atoms with E-state index in [1.165, 1.54) is 6.20 Å². The predicted molar refractivity (Wildman–Crippen MR) is 73.7 cm³/mol. The molecule has 2 rings (SSSR count). The van der Waals surface area contributed by atoms with E-state index in [1.807, 2.05) is 0 Å². The van der Waals surface area contributed by atoms with Gasteiger partial charge in [-0.1, -0.05) is 11.8 Å². The molecule has 104 valence electrons. The molecule has 1 aliphatic rings. The minimum atomic E-state index is -0.482. The van der Waals surface area contributed by atoms with Crippen molar-refractivity contribution >= 4 is 11.8 Å². The number of likely N-dealkylation sites (N-methyl/N-ethyl adjacent to an activating group) is 1. The Morgan fingerprint density at radius 1 is 1.65 bits per heavy atom. The summed E-state index contributed by atoms with van der Waals surface area (Å²) in [5.74, 6) is 5.03. The standard InChI is InChI=1S/C14H16N4O2/c1-18-9-6-11(14(18)20)17-13(19)12-10(4-2-7-15)5-3-8-16-12/h3,5,8,11H,6-7,9,15H2,1H3,(H,17,19). The van der Waals surface area contributed by atoms with Gasteiger partial charge in [0.25, 0.3) is 5.91 Å². The Labute approximate surface area is 117 Å².